The standard InChI is InChI=1S/C16H20N4O5/c1-10-5-2-3-6-11(10)17-15(22)18-13(21)9-20-16(23)25-14(19-20)12-7-4-8-24-12/h4,7-8,10-11H,2-3,5-6,9H2,1H3,(H2,17,18,21,22). The van der Waals surface area contributed by atoms with Gasteiger partial charge in [-0.05, 0) is 30.9 Å². The lowest BCUT2D eigenvalue weighted by molar-refractivity contribution is -0.120. The van der Waals surface area contributed by atoms with Crippen molar-refractivity contribution in [3.63, 3.8) is 0 Å². The van der Waals surface area contributed by atoms with Crippen molar-refractivity contribution in [3.8, 4) is 11.7 Å². The van der Waals surface area contributed by atoms with Gasteiger partial charge < -0.3 is 14.2 Å². The van der Waals surface area contributed by atoms with E-state index in [2.05, 4.69) is 22.7 Å². The third-order valence-electron chi connectivity index (χ3n) is 4.31. The fraction of sp³-hybridized carbons (Fsp3) is 0.500. The lowest BCUT2D eigenvalue weighted by Gasteiger charge is -2.29. The van der Waals surface area contributed by atoms with Gasteiger partial charge in [-0.25, -0.2) is 9.59 Å². The van der Waals surface area contributed by atoms with Gasteiger partial charge in [-0.2, -0.15) is 4.68 Å². The predicted molar refractivity (Wildman–Crippen MR) is 86.6 cm³/mol. The van der Waals surface area contributed by atoms with E-state index in [0.29, 0.717) is 5.92 Å². The average molecular weight is 348 g/mol. The van der Waals surface area contributed by atoms with E-state index in [1.807, 2.05) is 0 Å². The van der Waals surface area contributed by atoms with Crippen LogP contribution in [0.3, 0.4) is 0 Å². The molecule has 25 heavy (non-hydrogen) atoms. The van der Waals surface area contributed by atoms with Crippen LogP contribution in [0.5, 0.6) is 0 Å². The van der Waals surface area contributed by atoms with Gasteiger partial charge in [-0.15, -0.1) is 5.10 Å². The molecular weight excluding hydrogens is 328 g/mol. The Morgan fingerprint density at radius 1 is 1.36 bits per heavy atom. The van der Waals surface area contributed by atoms with Crippen LogP contribution < -0.4 is 16.4 Å². The first kappa shape index (κ1) is 17.0. The summed E-state index contributed by atoms with van der Waals surface area (Å²) in [5.74, 6) is -0.822. The first-order valence-electron chi connectivity index (χ1n) is 8.25. The van der Waals surface area contributed by atoms with Crippen molar-refractivity contribution < 1.29 is 18.4 Å². The van der Waals surface area contributed by atoms with Crippen LogP contribution in [0.4, 0.5) is 4.79 Å². The zero-order valence-corrected chi connectivity index (χ0v) is 13.9. The number of hydrogen-bond donors (Lipinski definition) is 2. The Kier molecular flexibility index (Phi) is 5.01. The second kappa shape index (κ2) is 7.37. The monoisotopic (exact) mass is 348 g/mol. The summed E-state index contributed by atoms with van der Waals surface area (Å²) in [6.45, 7) is 1.66. The zero-order valence-electron chi connectivity index (χ0n) is 13.9. The number of imide groups is 1. The van der Waals surface area contributed by atoms with E-state index >= 15 is 0 Å². The van der Waals surface area contributed by atoms with Crippen molar-refractivity contribution >= 4 is 11.9 Å². The first-order chi connectivity index (χ1) is 12.0. The summed E-state index contributed by atoms with van der Waals surface area (Å²) in [6.07, 6.45) is 5.60. The number of amides is 3. The maximum Gasteiger partial charge on any atom is 0.437 e. The van der Waals surface area contributed by atoms with Crippen LogP contribution in [-0.4, -0.2) is 27.8 Å². The largest absolute Gasteiger partial charge is 0.459 e. The highest BCUT2D eigenvalue weighted by molar-refractivity contribution is 5.94. The molecule has 2 unspecified atom stereocenters. The molecule has 9 nitrogen and oxygen atoms in total. The Labute approximate surface area is 143 Å². The van der Waals surface area contributed by atoms with Crippen LogP contribution in [0, 0.1) is 5.92 Å². The van der Waals surface area contributed by atoms with E-state index in [-0.39, 0.29) is 17.7 Å². The second-order valence-corrected chi connectivity index (χ2v) is 6.20. The molecule has 2 atom stereocenters. The molecule has 2 N–H and O–H groups in total. The SMILES string of the molecule is CC1CCCCC1NC(=O)NC(=O)Cn1nc(-c2ccco2)oc1=O. The van der Waals surface area contributed by atoms with Gasteiger partial charge in [0.2, 0.25) is 5.91 Å². The molecule has 0 saturated heterocycles. The molecule has 0 aromatic carbocycles. The average Bonchev–Trinajstić information content (AvgIpc) is 3.20. The number of nitrogens with zero attached hydrogens (tertiary/aromatic N) is 2. The molecule has 1 saturated carbocycles. The van der Waals surface area contributed by atoms with Gasteiger partial charge in [0.05, 0.1) is 6.26 Å². The number of nitrogens with one attached hydrogen (secondary N) is 2. The van der Waals surface area contributed by atoms with E-state index in [4.69, 9.17) is 8.83 Å². The number of hydrogen-bond acceptors (Lipinski definition) is 6. The van der Waals surface area contributed by atoms with Crippen molar-refractivity contribution in [2.45, 2.75) is 45.2 Å². The highest BCUT2D eigenvalue weighted by Crippen LogP contribution is 2.23. The number of urea groups is 1. The van der Waals surface area contributed by atoms with E-state index in [0.717, 1.165) is 30.4 Å². The third kappa shape index (κ3) is 4.17. The summed E-state index contributed by atoms with van der Waals surface area (Å²) in [4.78, 5) is 35.6. The first-order valence-corrected chi connectivity index (χ1v) is 8.25. The topological polar surface area (TPSA) is 119 Å². The summed E-state index contributed by atoms with van der Waals surface area (Å²) < 4.78 is 10.8. The van der Waals surface area contributed by atoms with E-state index in [1.165, 1.54) is 6.26 Å². The summed E-state index contributed by atoms with van der Waals surface area (Å²) in [6, 6.07) is 2.69. The highest BCUT2D eigenvalue weighted by Gasteiger charge is 2.23. The number of carbonyl (C=O) groups excluding carboxylic acids is 2. The summed E-state index contributed by atoms with van der Waals surface area (Å²) in [5, 5.41) is 8.90. The minimum absolute atomic E-state index is 0.0247. The number of aromatic nitrogens is 2. The number of carbonyl (C=O) groups is 2. The van der Waals surface area contributed by atoms with Gasteiger partial charge in [0, 0.05) is 6.04 Å². The molecule has 2 aromatic heterocycles. The van der Waals surface area contributed by atoms with Crippen LogP contribution in [0.15, 0.2) is 32.0 Å². The molecule has 1 aliphatic rings. The smallest absolute Gasteiger partial charge is 0.437 e. The lowest BCUT2D eigenvalue weighted by atomic mass is 9.86. The summed E-state index contributed by atoms with van der Waals surface area (Å²) >= 11 is 0. The Morgan fingerprint density at radius 2 is 2.16 bits per heavy atom. The van der Waals surface area contributed by atoms with Gasteiger partial charge in [-0.1, -0.05) is 19.8 Å². The van der Waals surface area contributed by atoms with Crippen molar-refractivity contribution in [3.05, 3.63) is 28.9 Å². The molecule has 134 valence electrons. The van der Waals surface area contributed by atoms with Crippen LogP contribution in [0.25, 0.3) is 11.7 Å². The molecule has 1 fully saturated rings. The maximum absolute atomic E-state index is 12.0. The van der Waals surface area contributed by atoms with Crippen molar-refractivity contribution in [1.82, 2.24) is 20.4 Å². The molecule has 2 heterocycles. The lowest BCUT2D eigenvalue weighted by Crippen LogP contribution is -2.48. The van der Waals surface area contributed by atoms with Gasteiger partial charge in [0.15, 0.2) is 5.76 Å². The fourth-order valence-corrected chi connectivity index (χ4v) is 2.94. The van der Waals surface area contributed by atoms with Crippen molar-refractivity contribution in [1.29, 1.82) is 0 Å². The molecule has 9 heteroatoms. The Hall–Kier alpha value is -2.84. The minimum atomic E-state index is -0.803. The van der Waals surface area contributed by atoms with E-state index in [1.54, 1.807) is 12.1 Å². The third-order valence-corrected chi connectivity index (χ3v) is 4.31. The van der Waals surface area contributed by atoms with Gasteiger partial charge in [-0.3, -0.25) is 10.1 Å². The number of rotatable bonds is 4. The fourth-order valence-electron chi connectivity index (χ4n) is 2.94. The van der Waals surface area contributed by atoms with Crippen LogP contribution in [-0.2, 0) is 11.3 Å². The summed E-state index contributed by atoms with van der Waals surface area (Å²) in [7, 11) is 0. The Bertz CT molecular complexity index is 792. The Balaban J connectivity index is 1.55. The van der Waals surface area contributed by atoms with Gasteiger partial charge in [0.25, 0.3) is 5.89 Å². The second-order valence-electron chi connectivity index (χ2n) is 6.20. The van der Waals surface area contributed by atoms with Gasteiger partial charge in [0.1, 0.15) is 6.54 Å². The Morgan fingerprint density at radius 3 is 2.88 bits per heavy atom. The minimum Gasteiger partial charge on any atom is -0.459 e. The summed E-state index contributed by atoms with van der Waals surface area (Å²) in [5.41, 5.74) is 0. The van der Waals surface area contributed by atoms with Crippen molar-refractivity contribution in [2.75, 3.05) is 0 Å². The highest BCUT2D eigenvalue weighted by atomic mass is 16.4. The van der Waals surface area contributed by atoms with E-state index < -0.39 is 24.2 Å². The quantitative estimate of drug-likeness (QED) is 0.864. The van der Waals surface area contributed by atoms with Crippen LogP contribution in [0.2, 0.25) is 0 Å². The number of furan rings is 1. The molecular formula is C16H20N4O5. The molecule has 0 spiro atoms. The zero-order chi connectivity index (χ0) is 17.8. The normalized spacial score (nSPS) is 20.2. The van der Waals surface area contributed by atoms with Gasteiger partial charge >= 0.3 is 11.8 Å². The molecule has 1 aliphatic carbocycles. The molecule has 0 radical (unpaired) electrons. The molecule has 0 bridgehead atoms. The molecule has 3 amide bonds. The van der Waals surface area contributed by atoms with Crippen LogP contribution >= 0.6 is 0 Å². The molecule has 3 rings (SSSR count). The van der Waals surface area contributed by atoms with Crippen molar-refractivity contribution in [2.24, 2.45) is 5.92 Å². The molecule has 0 aliphatic heterocycles. The molecule has 2 aromatic rings. The van der Waals surface area contributed by atoms with E-state index in [9.17, 15) is 14.4 Å². The maximum atomic E-state index is 12.0. The van der Waals surface area contributed by atoms with Crippen LogP contribution in [0.1, 0.15) is 32.6 Å². The predicted octanol–water partition coefficient (Wildman–Crippen LogP) is 1.50.